The number of nitrogens with two attached hydrogens (primary N) is 1. The molecule has 2 rings (SSSR count). The van der Waals surface area contributed by atoms with Gasteiger partial charge in [-0.2, -0.15) is 4.37 Å². The Morgan fingerprint density at radius 3 is 2.93 bits per heavy atom. The van der Waals surface area contributed by atoms with Crippen LogP contribution in [0.15, 0.2) is 15.7 Å². The SMILES string of the molecule is Cc1nsc(Sc2ncnc(Cl)c2N)n1. The maximum atomic E-state index is 5.76. The van der Waals surface area contributed by atoms with Crippen LogP contribution in [0.3, 0.4) is 0 Å². The van der Waals surface area contributed by atoms with Gasteiger partial charge in [0, 0.05) is 0 Å². The van der Waals surface area contributed by atoms with Gasteiger partial charge in [-0.25, -0.2) is 15.0 Å². The van der Waals surface area contributed by atoms with Gasteiger partial charge in [-0.1, -0.05) is 11.6 Å². The van der Waals surface area contributed by atoms with E-state index >= 15 is 0 Å². The molecule has 5 nitrogen and oxygen atoms in total. The van der Waals surface area contributed by atoms with Gasteiger partial charge in [0.2, 0.25) is 0 Å². The van der Waals surface area contributed by atoms with Gasteiger partial charge in [0.1, 0.15) is 22.9 Å². The van der Waals surface area contributed by atoms with Crippen LogP contribution < -0.4 is 5.73 Å². The van der Waals surface area contributed by atoms with Gasteiger partial charge in [0.15, 0.2) is 9.49 Å². The van der Waals surface area contributed by atoms with Crippen LogP contribution in [0, 0.1) is 6.92 Å². The lowest BCUT2D eigenvalue weighted by Crippen LogP contribution is -1.94. The quantitative estimate of drug-likeness (QED) is 0.832. The molecule has 0 saturated carbocycles. The van der Waals surface area contributed by atoms with Crippen molar-refractivity contribution in [3.8, 4) is 0 Å². The molecule has 0 saturated heterocycles. The molecule has 0 aliphatic heterocycles. The maximum Gasteiger partial charge on any atom is 0.176 e. The summed E-state index contributed by atoms with van der Waals surface area (Å²) in [5.41, 5.74) is 6.09. The Morgan fingerprint density at radius 2 is 2.27 bits per heavy atom. The van der Waals surface area contributed by atoms with Crippen LogP contribution in [-0.4, -0.2) is 19.3 Å². The molecule has 2 aromatic rings. The van der Waals surface area contributed by atoms with Gasteiger partial charge in [0.05, 0.1) is 0 Å². The van der Waals surface area contributed by atoms with E-state index in [0.29, 0.717) is 10.7 Å². The fourth-order valence-corrected chi connectivity index (χ4v) is 2.60. The smallest absolute Gasteiger partial charge is 0.176 e. The highest BCUT2D eigenvalue weighted by atomic mass is 35.5. The van der Waals surface area contributed by atoms with Crippen molar-refractivity contribution in [2.45, 2.75) is 16.3 Å². The molecule has 2 N–H and O–H groups in total. The number of halogens is 1. The van der Waals surface area contributed by atoms with E-state index in [1.807, 2.05) is 6.92 Å². The third kappa shape index (κ3) is 2.36. The molecule has 0 aliphatic rings. The first-order valence-corrected chi connectivity index (χ1v) is 5.87. The predicted octanol–water partition coefficient (Wildman–Crippen LogP) is 2.02. The molecule has 0 spiro atoms. The topological polar surface area (TPSA) is 77.6 Å². The fourth-order valence-electron chi connectivity index (χ4n) is 0.843. The number of nitrogens with zero attached hydrogens (tertiary/aromatic N) is 4. The first-order valence-electron chi connectivity index (χ1n) is 3.91. The van der Waals surface area contributed by atoms with Gasteiger partial charge in [0.25, 0.3) is 0 Å². The number of nitrogen functional groups attached to an aromatic ring is 1. The van der Waals surface area contributed by atoms with Crippen LogP contribution in [0.1, 0.15) is 5.82 Å². The van der Waals surface area contributed by atoms with Crippen LogP contribution >= 0.6 is 34.9 Å². The van der Waals surface area contributed by atoms with Crippen LogP contribution in [0.2, 0.25) is 5.15 Å². The Kier molecular flexibility index (Phi) is 3.03. The molecule has 8 heteroatoms. The summed E-state index contributed by atoms with van der Waals surface area (Å²) in [4.78, 5) is 12.0. The minimum atomic E-state index is 0.258. The van der Waals surface area contributed by atoms with Crippen molar-refractivity contribution in [1.82, 2.24) is 19.3 Å². The molecule has 0 aromatic carbocycles. The molecule has 0 bridgehead atoms. The van der Waals surface area contributed by atoms with Gasteiger partial charge < -0.3 is 5.73 Å². The Balaban J connectivity index is 2.28. The summed E-state index contributed by atoms with van der Waals surface area (Å²) in [7, 11) is 0. The Hall–Kier alpha value is -0.920. The van der Waals surface area contributed by atoms with Crippen LogP contribution in [0.25, 0.3) is 0 Å². The van der Waals surface area contributed by atoms with Gasteiger partial charge >= 0.3 is 0 Å². The van der Waals surface area contributed by atoms with Gasteiger partial charge in [-0.05, 0) is 30.2 Å². The molecule has 0 radical (unpaired) electrons. The Labute approximate surface area is 99.3 Å². The number of hydrogen-bond donors (Lipinski definition) is 1. The van der Waals surface area contributed by atoms with E-state index in [4.69, 9.17) is 17.3 Å². The number of aromatic nitrogens is 4. The lowest BCUT2D eigenvalue weighted by Gasteiger charge is -2.01. The molecule has 0 unspecified atom stereocenters. The number of rotatable bonds is 2. The zero-order valence-corrected chi connectivity index (χ0v) is 10.0. The van der Waals surface area contributed by atoms with E-state index in [1.54, 1.807) is 0 Å². The second-order valence-corrected chi connectivity index (χ2v) is 4.94. The average Bonchev–Trinajstić information content (AvgIpc) is 2.59. The van der Waals surface area contributed by atoms with Gasteiger partial charge in [-0.15, -0.1) is 0 Å². The molecule has 2 aromatic heterocycles. The minimum absolute atomic E-state index is 0.258. The van der Waals surface area contributed by atoms with Crippen LogP contribution in [-0.2, 0) is 0 Å². The zero-order chi connectivity index (χ0) is 10.8. The van der Waals surface area contributed by atoms with E-state index in [1.165, 1.54) is 29.6 Å². The molecular weight excluding hydrogens is 254 g/mol. The van der Waals surface area contributed by atoms with E-state index in [2.05, 4.69) is 19.3 Å². The number of hydrogen-bond acceptors (Lipinski definition) is 7. The van der Waals surface area contributed by atoms with Crippen molar-refractivity contribution in [3.63, 3.8) is 0 Å². The van der Waals surface area contributed by atoms with Crippen molar-refractivity contribution in [2.75, 3.05) is 5.73 Å². The summed E-state index contributed by atoms with van der Waals surface area (Å²) in [5.74, 6) is 0.737. The van der Waals surface area contributed by atoms with E-state index < -0.39 is 0 Å². The summed E-state index contributed by atoms with van der Waals surface area (Å²) in [5, 5.41) is 0.861. The summed E-state index contributed by atoms with van der Waals surface area (Å²) in [6.07, 6.45) is 1.37. The first-order chi connectivity index (χ1) is 7.16. The minimum Gasteiger partial charge on any atom is -0.394 e. The molecule has 2 heterocycles. The summed E-state index contributed by atoms with van der Waals surface area (Å²) >= 11 is 8.40. The number of aryl methyl sites for hydroxylation is 1. The zero-order valence-electron chi connectivity index (χ0n) is 7.64. The third-order valence-corrected chi connectivity index (χ3v) is 3.65. The molecule has 78 valence electrons. The highest BCUT2D eigenvalue weighted by Gasteiger charge is 2.10. The van der Waals surface area contributed by atoms with Crippen molar-refractivity contribution >= 4 is 40.6 Å². The second kappa shape index (κ2) is 4.30. The van der Waals surface area contributed by atoms with E-state index in [-0.39, 0.29) is 5.15 Å². The predicted molar refractivity (Wildman–Crippen MR) is 60.2 cm³/mol. The molecular formula is C7H6ClN5S2. The average molecular weight is 260 g/mol. The van der Waals surface area contributed by atoms with Crippen molar-refractivity contribution in [2.24, 2.45) is 0 Å². The first kappa shape index (κ1) is 10.6. The molecule has 0 fully saturated rings. The summed E-state index contributed by atoms with van der Waals surface area (Å²) < 4.78 is 4.84. The highest BCUT2D eigenvalue weighted by molar-refractivity contribution is 8.01. The summed E-state index contributed by atoms with van der Waals surface area (Å²) in [6, 6.07) is 0. The van der Waals surface area contributed by atoms with Crippen LogP contribution in [0.4, 0.5) is 5.69 Å². The molecule has 15 heavy (non-hydrogen) atoms. The maximum absolute atomic E-state index is 5.76. The van der Waals surface area contributed by atoms with Crippen molar-refractivity contribution in [1.29, 1.82) is 0 Å². The van der Waals surface area contributed by atoms with Crippen molar-refractivity contribution < 1.29 is 0 Å². The lowest BCUT2D eigenvalue weighted by atomic mass is 10.6. The fraction of sp³-hybridized carbons (Fsp3) is 0.143. The van der Waals surface area contributed by atoms with Gasteiger partial charge in [-0.3, -0.25) is 0 Å². The largest absolute Gasteiger partial charge is 0.394 e. The highest BCUT2D eigenvalue weighted by Crippen LogP contribution is 2.33. The molecule has 0 amide bonds. The van der Waals surface area contributed by atoms with Crippen molar-refractivity contribution in [3.05, 3.63) is 17.3 Å². The normalized spacial score (nSPS) is 10.5. The standard InChI is InChI=1S/C7H6ClN5S2/c1-3-12-7(15-13-3)14-6-4(9)5(8)10-2-11-6/h2H,9H2,1H3. The van der Waals surface area contributed by atoms with Crippen LogP contribution in [0.5, 0.6) is 0 Å². The molecule has 0 aliphatic carbocycles. The third-order valence-electron chi connectivity index (χ3n) is 1.49. The van der Waals surface area contributed by atoms with E-state index in [0.717, 1.165) is 10.2 Å². The monoisotopic (exact) mass is 259 g/mol. The lowest BCUT2D eigenvalue weighted by molar-refractivity contribution is 1.05. The molecule has 0 atom stereocenters. The Bertz CT molecular complexity index is 486. The number of anilines is 1. The van der Waals surface area contributed by atoms with E-state index in [9.17, 15) is 0 Å². The Morgan fingerprint density at radius 1 is 1.47 bits per heavy atom. The summed E-state index contributed by atoms with van der Waals surface area (Å²) in [6.45, 7) is 1.83. The second-order valence-electron chi connectivity index (χ2n) is 2.59.